The average Bonchev–Trinajstić information content (AvgIpc) is 2.70. The maximum Gasteiger partial charge on any atom is 0.303 e. The van der Waals surface area contributed by atoms with Crippen LogP contribution in [0.1, 0.15) is 149 Å². The minimum atomic E-state index is -0.655. The molecule has 0 aromatic rings. The Hall–Kier alpha value is -0.790. The van der Waals surface area contributed by atoms with Crippen molar-refractivity contribution in [2.75, 3.05) is 0 Å². The van der Waals surface area contributed by atoms with Crippen LogP contribution in [0.15, 0.2) is 12.2 Å². The van der Waals surface area contributed by atoms with Gasteiger partial charge in [-0.2, -0.15) is 0 Å². The molecule has 0 rings (SSSR count). The number of carboxylic acids is 1. The SMILES string of the molecule is CCCCCCCCCCCC=CC(C)CCCCCCCCCCCC(=O)O. The number of carboxylic acid groups (broad SMARTS) is 1. The molecule has 0 aliphatic carbocycles. The molecule has 0 amide bonds. The lowest BCUT2D eigenvalue weighted by Crippen LogP contribution is -1.93. The Labute approximate surface area is 182 Å². The predicted molar refractivity (Wildman–Crippen MR) is 129 cm³/mol. The second kappa shape index (κ2) is 23.5. The molecule has 1 N–H and O–H groups in total. The van der Waals surface area contributed by atoms with E-state index in [0.717, 1.165) is 18.8 Å². The molecule has 0 spiro atoms. The van der Waals surface area contributed by atoms with E-state index in [0.29, 0.717) is 6.42 Å². The molecule has 0 aromatic heterocycles. The van der Waals surface area contributed by atoms with Crippen LogP contribution in [0.4, 0.5) is 0 Å². The number of hydrogen-bond acceptors (Lipinski definition) is 1. The fourth-order valence-electron chi connectivity index (χ4n) is 3.98. The fraction of sp³-hybridized carbons (Fsp3) is 0.889. The van der Waals surface area contributed by atoms with E-state index in [1.165, 1.54) is 116 Å². The maximum absolute atomic E-state index is 10.4. The van der Waals surface area contributed by atoms with Gasteiger partial charge < -0.3 is 5.11 Å². The monoisotopic (exact) mass is 408 g/mol. The van der Waals surface area contributed by atoms with Gasteiger partial charge in [0.1, 0.15) is 0 Å². The standard InChI is InChI=1S/C27H52O2/c1-3-4-5-6-7-8-9-11-14-17-20-23-26(2)24-21-18-15-12-10-13-16-19-22-25-27(28)29/h20,23,26H,3-19,21-22,24-25H2,1-2H3,(H,28,29). The van der Waals surface area contributed by atoms with E-state index < -0.39 is 5.97 Å². The van der Waals surface area contributed by atoms with Crippen LogP contribution < -0.4 is 0 Å². The number of carbonyl (C=O) groups is 1. The quantitative estimate of drug-likeness (QED) is 0.135. The van der Waals surface area contributed by atoms with Gasteiger partial charge in [-0.3, -0.25) is 4.79 Å². The first-order chi connectivity index (χ1) is 14.2. The molecular formula is C27H52O2. The summed E-state index contributed by atoms with van der Waals surface area (Å²) in [6.45, 7) is 4.65. The smallest absolute Gasteiger partial charge is 0.303 e. The Balaban J connectivity index is 3.24. The lowest BCUT2D eigenvalue weighted by atomic mass is 10.00. The Morgan fingerprint density at radius 2 is 1.14 bits per heavy atom. The van der Waals surface area contributed by atoms with Gasteiger partial charge in [0, 0.05) is 6.42 Å². The molecule has 29 heavy (non-hydrogen) atoms. The minimum Gasteiger partial charge on any atom is -0.481 e. The van der Waals surface area contributed by atoms with E-state index in [1.54, 1.807) is 0 Å². The topological polar surface area (TPSA) is 37.3 Å². The molecule has 0 fully saturated rings. The highest BCUT2D eigenvalue weighted by molar-refractivity contribution is 5.66. The van der Waals surface area contributed by atoms with Crippen LogP contribution in [-0.4, -0.2) is 11.1 Å². The molecular weight excluding hydrogens is 356 g/mol. The van der Waals surface area contributed by atoms with Crippen molar-refractivity contribution < 1.29 is 9.90 Å². The summed E-state index contributed by atoms with van der Waals surface area (Å²) < 4.78 is 0. The van der Waals surface area contributed by atoms with E-state index in [4.69, 9.17) is 5.11 Å². The predicted octanol–water partition coefficient (Wildman–Crippen LogP) is 9.48. The van der Waals surface area contributed by atoms with Crippen LogP contribution in [0.25, 0.3) is 0 Å². The van der Waals surface area contributed by atoms with Crippen molar-refractivity contribution in [2.45, 2.75) is 149 Å². The molecule has 0 saturated heterocycles. The summed E-state index contributed by atoms with van der Waals surface area (Å²) in [5.74, 6) is 0.0837. The summed E-state index contributed by atoms with van der Waals surface area (Å²) in [4.78, 5) is 10.4. The molecule has 0 radical (unpaired) electrons. The highest BCUT2D eigenvalue weighted by Crippen LogP contribution is 2.15. The van der Waals surface area contributed by atoms with E-state index in [2.05, 4.69) is 26.0 Å². The summed E-state index contributed by atoms with van der Waals surface area (Å²) in [5, 5.41) is 8.60. The molecule has 0 aliphatic rings. The third-order valence-corrected chi connectivity index (χ3v) is 5.99. The van der Waals surface area contributed by atoms with Crippen LogP contribution in [0.5, 0.6) is 0 Å². The molecule has 0 heterocycles. The Morgan fingerprint density at radius 1 is 0.690 bits per heavy atom. The van der Waals surface area contributed by atoms with Crippen molar-refractivity contribution in [1.29, 1.82) is 0 Å². The first-order valence-electron chi connectivity index (χ1n) is 13.0. The van der Waals surface area contributed by atoms with Gasteiger partial charge in [-0.05, 0) is 31.6 Å². The Kier molecular flexibility index (Phi) is 22.8. The summed E-state index contributed by atoms with van der Waals surface area (Å²) in [7, 11) is 0. The number of unbranched alkanes of at least 4 members (excludes halogenated alkanes) is 17. The van der Waals surface area contributed by atoms with E-state index in [9.17, 15) is 4.79 Å². The van der Waals surface area contributed by atoms with Crippen molar-refractivity contribution >= 4 is 5.97 Å². The van der Waals surface area contributed by atoms with Crippen molar-refractivity contribution in [1.82, 2.24) is 0 Å². The van der Waals surface area contributed by atoms with Crippen LogP contribution in [0.3, 0.4) is 0 Å². The van der Waals surface area contributed by atoms with Crippen LogP contribution in [-0.2, 0) is 4.79 Å². The summed E-state index contributed by atoms with van der Waals surface area (Å²) in [6.07, 6.45) is 31.7. The molecule has 0 aromatic carbocycles. The highest BCUT2D eigenvalue weighted by atomic mass is 16.4. The van der Waals surface area contributed by atoms with Crippen LogP contribution in [0.2, 0.25) is 0 Å². The summed E-state index contributed by atoms with van der Waals surface area (Å²) >= 11 is 0. The van der Waals surface area contributed by atoms with Crippen LogP contribution >= 0.6 is 0 Å². The van der Waals surface area contributed by atoms with Crippen molar-refractivity contribution in [3.8, 4) is 0 Å². The highest BCUT2D eigenvalue weighted by Gasteiger charge is 1.99. The van der Waals surface area contributed by atoms with Gasteiger partial charge in [-0.1, -0.05) is 129 Å². The first kappa shape index (κ1) is 28.2. The normalized spacial score (nSPS) is 12.6. The van der Waals surface area contributed by atoms with Crippen molar-refractivity contribution in [3.05, 3.63) is 12.2 Å². The number of rotatable bonds is 23. The zero-order chi connectivity index (χ0) is 21.4. The molecule has 172 valence electrons. The molecule has 1 unspecified atom stereocenters. The molecule has 2 nitrogen and oxygen atoms in total. The fourth-order valence-corrected chi connectivity index (χ4v) is 3.98. The lowest BCUT2D eigenvalue weighted by Gasteiger charge is -2.06. The van der Waals surface area contributed by atoms with Gasteiger partial charge >= 0.3 is 5.97 Å². The molecule has 1 atom stereocenters. The zero-order valence-electron chi connectivity index (χ0n) is 19.9. The van der Waals surface area contributed by atoms with Gasteiger partial charge in [-0.25, -0.2) is 0 Å². The third-order valence-electron chi connectivity index (χ3n) is 5.99. The first-order valence-corrected chi connectivity index (χ1v) is 13.0. The molecule has 0 aliphatic heterocycles. The third kappa shape index (κ3) is 25.2. The van der Waals surface area contributed by atoms with Gasteiger partial charge in [-0.15, -0.1) is 0 Å². The zero-order valence-corrected chi connectivity index (χ0v) is 19.9. The number of hydrogen-bond donors (Lipinski definition) is 1. The molecule has 0 bridgehead atoms. The van der Waals surface area contributed by atoms with Crippen molar-refractivity contribution in [3.63, 3.8) is 0 Å². The maximum atomic E-state index is 10.4. The van der Waals surface area contributed by atoms with Gasteiger partial charge in [0.2, 0.25) is 0 Å². The Morgan fingerprint density at radius 3 is 1.66 bits per heavy atom. The van der Waals surface area contributed by atoms with E-state index in [1.807, 2.05) is 0 Å². The van der Waals surface area contributed by atoms with Crippen molar-refractivity contribution in [2.24, 2.45) is 5.92 Å². The second-order valence-corrected chi connectivity index (χ2v) is 9.14. The van der Waals surface area contributed by atoms with E-state index >= 15 is 0 Å². The van der Waals surface area contributed by atoms with E-state index in [-0.39, 0.29) is 0 Å². The number of aliphatic carboxylic acids is 1. The van der Waals surface area contributed by atoms with Gasteiger partial charge in [0.15, 0.2) is 0 Å². The average molecular weight is 409 g/mol. The minimum absolute atomic E-state index is 0.339. The summed E-state index contributed by atoms with van der Waals surface area (Å²) in [5.41, 5.74) is 0. The summed E-state index contributed by atoms with van der Waals surface area (Å²) in [6, 6.07) is 0. The second-order valence-electron chi connectivity index (χ2n) is 9.14. The largest absolute Gasteiger partial charge is 0.481 e. The van der Waals surface area contributed by atoms with Gasteiger partial charge in [0.05, 0.1) is 0 Å². The number of allylic oxidation sites excluding steroid dienone is 2. The molecule has 2 heteroatoms. The van der Waals surface area contributed by atoms with Gasteiger partial charge in [0.25, 0.3) is 0 Å². The van der Waals surface area contributed by atoms with Crippen LogP contribution in [0, 0.1) is 5.92 Å². The Bertz CT molecular complexity index is 362. The lowest BCUT2D eigenvalue weighted by molar-refractivity contribution is -0.137. The molecule has 0 saturated carbocycles.